The van der Waals surface area contributed by atoms with E-state index in [0.717, 1.165) is 9.83 Å². The zero-order chi connectivity index (χ0) is 19.8. The van der Waals surface area contributed by atoms with Gasteiger partial charge in [-0.1, -0.05) is 23.5 Å². The van der Waals surface area contributed by atoms with Crippen LogP contribution >= 0.6 is 11.3 Å². The summed E-state index contributed by atoms with van der Waals surface area (Å²) < 4.78 is 14.7. The van der Waals surface area contributed by atoms with E-state index in [2.05, 4.69) is 4.98 Å². The quantitative estimate of drug-likeness (QED) is 0.496. The van der Waals surface area contributed by atoms with Crippen LogP contribution in [0.1, 0.15) is 15.9 Å². The Bertz CT molecular complexity index is 1080. The molecule has 1 aromatic heterocycles. The zero-order valence-corrected chi connectivity index (χ0v) is 15.9. The number of para-hydroxylation sites is 1. The second-order valence-electron chi connectivity index (χ2n) is 6.57. The first-order valence-electron chi connectivity index (χ1n) is 8.79. The van der Waals surface area contributed by atoms with Gasteiger partial charge in [0.1, 0.15) is 11.3 Å². The number of nitrogens with zero attached hydrogens (tertiary/aromatic N) is 4. The molecule has 0 aliphatic carbocycles. The SMILES string of the molecule is Cc1c(C(=O)N2CCN(c3nc4c(F)cccc4s3)CC2)cccc1[N+](=O)[O-]. The van der Waals surface area contributed by atoms with E-state index in [1.165, 1.54) is 29.5 Å². The smallest absolute Gasteiger partial charge is 0.273 e. The molecule has 28 heavy (non-hydrogen) atoms. The first-order chi connectivity index (χ1) is 13.5. The van der Waals surface area contributed by atoms with E-state index in [0.29, 0.717) is 42.8 Å². The van der Waals surface area contributed by atoms with Crippen molar-refractivity contribution in [2.75, 3.05) is 31.1 Å². The van der Waals surface area contributed by atoms with Crippen LogP contribution in [-0.4, -0.2) is 46.9 Å². The molecule has 4 rings (SSSR count). The van der Waals surface area contributed by atoms with E-state index < -0.39 is 4.92 Å². The number of nitro benzene ring substituents is 1. The van der Waals surface area contributed by atoms with Gasteiger partial charge in [0.05, 0.1) is 9.62 Å². The van der Waals surface area contributed by atoms with Crippen molar-refractivity contribution >= 4 is 38.3 Å². The third-order valence-electron chi connectivity index (χ3n) is 4.93. The molecule has 7 nitrogen and oxygen atoms in total. The summed E-state index contributed by atoms with van der Waals surface area (Å²) in [5, 5.41) is 11.8. The Kier molecular flexibility index (Phi) is 4.68. The van der Waals surface area contributed by atoms with Gasteiger partial charge in [0.25, 0.3) is 11.6 Å². The zero-order valence-electron chi connectivity index (χ0n) is 15.1. The molecular formula is C19H17FN4O3S. The molecule has 1 saturated heterocycles. The van der Waals surface area contributed by atoms with Gasteiger partial charge in [-0.15, -0.1) is 0 Å². The molecule has 0 bridgehead atoms. The van der Waals surface area contributed by atoms with Crippen molar-refractivity contribution in [1.82, 2.24) is 9.88 Å². The van der Waals surface area contributed by atoms with Gasteiger partial charge in [-0.3, -0.25) is 14.9 Å². The molecule has 0 radical (unpaired) electrons. The lowest BCUT2D eigenvalue weighted by molar-refractivity contribution is -0.385. The van der Waals surface area contributed by atoms with Crippen LogP contribution in [0, 0.1) is 22.9 Å². The van der Waals surface area contributed by atoms with Crippen LogP contribution in [0.2, 0.25) is 0 Å². The van der Waals surface area contributed by atoms with Crippen LogP contribution in [0.3, 0.4) is 0 Å². The minimum Gasteiger partial charge on any atom is -0.345 e. The van der Waals surface area contributed by atoms with Crippen molar-refractivity contribution in [2.45, 2.75) is 6.92 Å². The van der Waals surface area contributed by atoms with Gasteiger partial charge in [0, 0.05) is 43.4 Å². The van der Waals surface area contributed by atoms with Crippen molar-refractivity contribution in [2.24, 2.45) is 0 Å². The van der Waals surface area contributed by atoms with Crippen LogP contribution < -0.4 is 4.90 Å². The Morgan fingerprint density at radius 1 is 1.18 bits per heavy atom. The number of rotatable bonds is 3. The van der Waals surface area contributed by atoms with E-state index in [1.54, 1.807) is 24.0 Å². The van der Waals surface area contributed by atoms with Crippen molar-refractivity contribution in [3.05, 3.63) is 63.5 Å². The van der Waals surface area contributed by atoms with Gasteiger partial charge in [-0.25, -0.2) is 9.37 Å². The summed E-state index contributed by atoms with van der Waals surface area (Å²) >= 11 is 1.43. The van der Waals surface area contributed by atoms with Crippen molar-refractivity contribution < 1.29 is 14.1 Å². The minimum atomic E-state index is -0.476. The monoisotopic (exact) mass is 400 g/mol. The lowest BCUT2D eigenvalue weighted by atomic mass is 10.1. The van der Waals surface area contributed by atoms with Gasteiger partial charge in [0.15, 0.2) is 5.13 Å². The van der Waals surface area contributed by atoms with Gasteiger partial charge in [0.2, 0.25) is 0 Å². The third kappa shape index (κ3) is 3.18. The van der Waals surface area contributed by atoms with E-state index in [-0.39, 0.29) is 17.4 Å². The number of aromatic nitrogens is 1. The molecule has 144 valence electrons. The van der Waals surface area contributed by atoms with Crippen LogP contribution in [-0.2, 0) is 0 Å². The summed E-state index contributed by atoms with van der Waals surface area (Å²) in [6, 6.07) is 9.44. The molecular weight excluding hydrogens is 383 g/mol. The number of fused-ring (bicyclic) bond motifs is 1. The molecule has 2 heterocycles. The van der Waals surface area contributed by atoms with E-state index in [4.69, 9.17) is 0 Å². The number of carbonyl (C=O) groups excluding carboxylic acids is 1. The molecule has 0 saturated carbocycles. The predicted octanol–water partition coefficient (Wildman–Crippen LogP) is 3.61. The highest BCUT2D eigenvalue weighted by atomic mass is 32.1. The van der Waals surface area contributed by atoms with Gasteiger partial charge >= 0.3 is 0 Å². The Balaban J connectivity index is 1.49. The fourth-order valence-electron chi connectivity index (χ4n) is 3.36. The fraction of sp³-hybridized carbons (Fsp3) is 0.263. The first-order valence-corrected chi connectivity index (χ1v) is 9.60. The minimum absolute atomic E-state index is 0.0546. The highest BCUT2D eigenvalue weighted by Crippen LogP contribution is 2.31. The largest absolute Gasteiger partial charge is 0.345 e. The van der Waals surface area contributed by atoms with Crippen molar-refractivity contribution in [1.29, 1.82) is 0 Å². The molecule has 1 amide bonds. The predicted molar refractivity (Wildman–Crippen MR) is 106 cm³/mol. The molecule has 9 heteroatoms. The molecule has 3 aromatic rings. The number of hydrogen-bond acceptors (Lipinski definition) is 6. The average molecular weight is 400 g/mol. The summed E-state index contributed by atoms with van der Waals surface area (Å²) in [6.45, 7) is 3.68. The number of hydrogen-bond donors (Lipinski definition) is 0. The molecule has 0 atom stereocenters. The van der Waals surface area contributed by atoms with Crippen LogP contribution in [0.15, 0.2) is 36.4 Å². The number of nitro groups is 1. The summed E-state index contributed by atoms with van der Waals surface area (Å²) in [4.78, 5) is 31.6. The van der Waals surface area contributed by atoms with Gasteiger partial charge in [-0.2, -0.15) is 0 Å². The number of carbonyl (C=O) groups is 1. The van der Waals surface area contributed by atoms with E-state index >= 15 is 0 Å². The van der Waals surface area contributed by atoms with Crippen LogP contribution in [0.5, 0.6) is 0 Å². The highest BCUT2D eigenvalue weighted by Gasteiger charge is 2.27. The number of benzene rings is 2. The average Bonchev–Trinajstić information content (AvgIpc) is 3.13. The van der Waals surface area contributed by atoms with Crippen LogP contribution in [0.4, 0.5) is 15.2 Å². The Morgan fingerprint density at radius 2 is 1.89 bits per heavy atom. The number of thiazole rings is 1. The van der Waals surface area contributed by atoms with E-state index in [1.807, 2.05) is 11.0 Å². The molecule has 1 fully saturated rings. The maximum atomic E-state index is 13.9. The molecule has 0 N–H and O–H groups in total. The maximum absolute atomic E-state index is 13.9. The number of anilines is 1. The number of piperazine rings is 1. The second-order valence-corrected chi connectivity index (χ2v) is 7.58. The summed E-state index contributed by atoms with van der Waals surface area (Å²) in [5.74, 6) is -0.550. The van der Waals surface area contributed by atoms with Gasteiger partial charge in [-0.05, 0) is 25.1 Å². The Hall–Kier alpha value is -3.07. The summed E-state index contributed by atoms with van der Waals surface area (Å²) in [5.41, 5.74) is 1.04. The highest BCUT2D eigenvalue weighted by molar-refractivity contribution is 7.22. The fourth-order valence-corrected chi connectivity index (χ4v) is 4.39. The number of amides is 1. The third-order valence-corrected chi connectivity index (χ3v) is 6.01. The summed E-state index contributed by atoms with van der Waals surface area (Å²) in [7, 11) is 0. The maximum Gasteiger partial charge on any atom is 0.273 e. The summed E-state index contributed by atoms with van der Waals surface area (Å²) in [6.07, 6.45) is 0. The van der Waals surface area contributed by atoms with Crippen LogP contribution in [0.25, 0.3) is 10.2 Å². The molecule has 1 aliphatic heterocycles. The van der Waals surface area contributed by atoms with E-state index in [9.17, 15) is 19.3 Å². The van der Waals surface area contributed by atoms with Crippen molar-refractivity contribution in [3.8, 4) is 0 Å². The number of halogens is 1. The second kappa shape index (κ2) is 7.16. The Labute approximate surface area is 164 Å². The topological polar surface area (TPSA) is 79.6 Å². The first kappa shape index (κ1) is 18.3. The molecule has 0 unspecified atom stereocenters. The molecule has 1 aliphatic rings. The normalized spacial score (nSPS) is 14.5. The van der Waals surface area contributed by atoms with Gasteiger partial charge < -0.3 is 9.80 Å². The Morgan fingerprint density at radius 3 is 2.57 bits per heavy atom. The molecule has 0 spiro atoms. The standard InChI is InChI=1S/C19H17FN4O3S/c1-12-13(4-2-6-15(12)24(26)27)18(25)22-8-10-23(11-9-22)19-21-17-14(20)5-3-7-16(17)28-19/h2-7H,8-11H2,1H3. The lowest BCUT2D eigenvalue weighted by Gasteiger charge is -2.34. The lowest BCUT2D eigenvalue weighted by Crippen LogP contribution is -2.48. The van der Waals surface area contributed by atoms with Crippen molar-refractivity contribution in [3.63, 3.8) is 0 Å². The molecule has 2 aromatic carbocycles.